The normalized spacial score (nSPS) is 12.4. The number of aliphatic hydroxyl groups excluding tert-OH is 1. The van der Waals surface area contributed by atoms with Crippen molar-refractivity contribution in [1.29, 1.82) is 0 Å². The van der Waals surface area contributed by atoms with Gasteiger partial charge in [0.25, 0.3) is 0 Å². The Balaban J connectivity index is 2.24. The number of aliphatic hydroxyl groups is 1. The third-order valence-corrected chi connectivity index (χ3v) is 3.78. The first-order chi connectivity index (χ1) is 8.59. The second kappa shape index (κ2) is 5.89. The second-order valence-electron chi connectivity index (χ2n) is 3.83. The van der Waals surface area contributed by atoms with E-state index in [4.69, 9.17) is 34.8 Å². The van der Waals surface area contributed by atoms with Gasteiger partial charge in [-0.3, -0.25) is 4.98 Å². The van der Waals surface area contributed by atoms with Gasteiger partial charge in [0.1, 0.15) is 0 Å². The maximum atomic E-state index is 10.2. The summed E-state index contributed by atoms with van der Waals surface area (Å²) in [6, 6.07) is 7.02. The fourth-order valence-corrected chi connectivity index (χ4v) is 2.32. The van der Waals surface area contributed by atoms with Crippen LogP contribution >= 0.6 is 34.8 Å². The van der Waals surface area contributed by atoms with Gasteiger partial charge in [-0.15, -0.1) is 0 Å². The Morgan fingerprint density at radius 2 is 1.89 bits per heavy atom. The van der Waals surface area contributed by atoms with Crippen LogP contribution in [-0.4, -0.2) is 10.1 Å². The van der Waals surface area contributed by atoms with E-state index in [1.165, 1.54) is 6.20 Å². The molecule has 0 aliphatic heterocycles. The van der Waals surface area contributed by atoms with E-state index in [9.17, 15) is 5.11 Å². The van der Waals surface area contributed by atoms with Crippen LogP contribution in [0.4, 0.5) is 0 Å². The molecule has 5 heteroatoms. The summed E-state index contributed by atoms with van der Waals surface area (Å²) >= 11 is 18.0. The predicted octanol–water partition coefficient (Wildman–Crippen LogP) is 4.32. The first-order valence-corrected chi connectivity index (χ1v) is 6.43. The summed E-state index contributed by atoms with van der Waals surface area (Å²) in [5, 5.41) is 11.5. The molecule has 1 unspecified atom stereocenters. The van der Waals surface area contributed by atoms with E-state index in [-0.39, 0.29) is 0 Å². The van der Waals surface area contributed by atoms with E-state index in [2.05, 4.69) is 4.98 Å². The summed E-state index contributed by atoms with van der Waals surface area (Å²) < 4.78 is 0. The molecule has 0 radical (unpaired) electrons. The highest BCUT2D eigenvalue weighted by atomic mass is 35.5. The molecule has 0 bridgehead atoms. The molecule has 1 aromatic heterocycles. The number of pyridine rings is 1. The van der Waals surface area contributed by atoms with Gasteiger partial charge in [0.05, 0.1) is 21.2 Å². The number of aromatic nitrogens is 1. The first kappa shape index (κ1) is 13.6. The van der Waals surface area contributed by atoms with E-state index < -0.39 is 6.10 Å². The van der Waals surface area contributed by atoms with Gasteiger partial charge in [-0.25, -0.2) is 0 Å². The Kier molecular flexibility index (Phi) is 4.46. The number of hydrogen-bond donors (Lipinski definition) is 1. The molecule has 1 atom stereocenters. The maximum Gasteiger partial charge on any atom is 0.0846 e. The lowest BCUT2D eigenvalue weighted by Crippen LogP contribution is -2.03. The van der Waals surface area contributed by atoms with Crippen LogP contribution in [0.2, 0.25) is 15.1 Å². The molecular formula is C13H10Cl3NO. The number of hydrogen-bond acceptors (Lipinski definition) is 2. The van der Waals surface area contributed by atoms with Crippen molar-refractivity contribution in [3.63, 3.8) is 0 Å². The van der Waals surface area contributed by atoms with Crippen LogP contribution < -0.4 is 0 Å². The predicted molar refractivity (Wildman–Crippen MR) is 74.4 cm³/mol. The second-order valence-corrected chi connectivity index (χ2v) is 5.02. The molecule has 0 saturated heterocycles. The van der Waals surface area contributed by atoms with Gasteiger partial charge in [-0.1, -0.05) is 46.9 Å². The van der Waals surface area contributed by atoms with Gasteiger partial charge < -0.3 is 5.11 Å². The Labute approximate surface area is 120 Å². The van der Waals surface area contributed by atoms with Gasteiger partial charge in [0.15, 0.2) is 0 Å². The van der Waals surface area contributed by atoms with Gasteiger partial charge in [0, 0.05) is 24.4 Å². The highest BCUT2D eigenvalue weighted by molar-refractivity contribution is 6.42. The largest absolute Gasteiger partial charge is 0.388 e. The van der Waals surface area contributed by atoms with E-state index in [1.54, 1.807) is 24.4 Å². The number of halogens is 3. The Morgan fingerprint density at radius 1 is 1.11 bits per heavy atom. The molecule has 1 N–H and O–H groups in total. The van der Waals surface area contributed by atoms with Crippen LogP contribution in [0.25, 0.3) is 0 Å². The van der Waals surface area contributed by atoms with E-state index in [0.717, 1.165) is 5.56 Å². The first-order valence-electron chi connectivity index (χ1n) is 5.30. The van der Waals surface area contributed by atoms with Crippen LogP contribution in [0, 0.1) is 0 Å². The van der Waals surface area contributed by atoms with Crippen molar-refractivity contribution < 1.29 is 5.11 Å². The molecule has 0 spiro atoms. The molecule has 2 aromatic rings. The molecule has 18 heavy (non-hydrogen) atoms. The van der Waals surface area contributed by atoms with E-state index >= 15 is 0 Å². The highest BCUT2D eigenvalue weighted by Crippen LogP contribution is 2.30. The fourth-order valence-electron chi connectivity index (χ4n) is 1.68. The molecular weight excluding hydrogens is 293 g/mol. The minimum Gasteiger partial charge on any atom is -0.388 e. The smallest absolute Gasteiger partial charge is 0.0846 e. The third-order valence-electron chi connectivity index (χ3n) is 2.61. The fraction of sp³-hybridized carbons (Fsp3) is 0.154. The van der Waals surface area contributed by atoms with Crippen LogP contribution in [0.1, 0.15) is 17.2 Å². The van der Waals surface area contributed by atoms with Crippen molar-refractivity contribution in [2.45, 2.75) is 12.5 Å². The molecule has 0 amide bonds. The lowest BCUT2D eigenvalue weighted by Gasteiger charge is -2.13. The zero-order valence-electron chi connectivity index (χ0n) is 9.28. The highest BCUT2D eigenvalue weighted by Gasteiger charge is 2.14. The molecule has 94 valence electrons. The number of nitrogens with zero attached hydrogens (tertiary/aromatic N) is 1. The minimum atomic E-state index is -0.739. The summed E-state index contributed by atoms with van der Waals surface area (Å²) in [5.74, 6) is 0. The molecule has 0 aliphatic rings. The van der Waals surface area contributed by atoms with Crippen LogP contribution in [0.15, 0.2) is 36.7 Å². The SMILES string of the molecule is OC(Cc1cccc(Cl)c1Cl)c1ccncc1Cl. The monoisotopic (exact) mass is 301 g/mol. The van der Waals surface area contributed by atoms with Crippen LogP contribution in [0.5, 0.6) is 0 Å². The molecule has 1 heterocycles. The van der Waals surface area contributed by atoms with Crippen molar-refractivity contribution in [3.8, 4) is 0 Å². The lowest BCUT2D eigenvalue weighted by molar-refractivity contribution is 0.178. The number of rotatable bonds is 3. The average molecular weight is 303 g/mol. The summed E-state index contributed by atoms with van der Waals surface area (Å²) in [7, 11) is 0. The van der Waals surface area contributed by atoms with Crippen molar-refractivity contribution in [3.05, 3.63) is 62.9 Å². The van der Waals surface area contributed by atoms with Crippen molar-refractivity contribution >= 4 is 34.8 Å². The van der Waals surface area contributed by atoms with Gasteiger partial charge in [-0.05, 0) is 17.7 Å². The molecule has 1 aromatic carbocycles. The summed E-state index contributed by atoms with van der Waals surface area (Å²) in [5.41, 5.74) is 1.41. The van der Waals surface area contributed by atoms with Crippen LogP contribution in [0.3, 0.4) is 0 Å². The van der Waals surface area contributed by atoms with Gasteiger partial charge >= 0.3 is 0 Å². The Morgan fingerprint density at radius 3 is 2.61 bits per heavy atom. The van der Waals surface area contributed by atoms with E-state index in [0.29, 0.717) is 27.1 Å². The molecule has 2 nitrogen and oxygen atoms in total. The summed E-state index contributed by atoms with van der Waals surface area (Å²) in [6.07, 6.45) is 2.70. The zero-order valence-corrected chi connectivity index (χ0v) is 11.5. The quantitative estimate of drug-likeness (QED) is 0.916. The zero-order chi connectivity index (χ0) is 13.1. The summed E-state index contributed by atoms with van der Waals surface area (Å²) in [6.45, 7) is 0. The van der Waals surface area contributed by atoms with Crippen molar-refractivity contribution in [2.75, 3.05) is 0 Å². The van der Waals surface area contributed by atoms with Crippen molar-refractivity contribution in [2.24, 2.45) is 0 Å². The van der Waals surface area contributed by atoms with Crippen molar-refractivity contribution in [1.82, 2.24) is 4.98 Å². The molecule has 0 aliphatic carbocycles. The maximum absolute atomic E-state index is 10.2. The number of benzene rings is 1. The van der Waals surface area contributed by atoms with E-state index in [1.807, 2.05) is 6.07 Å². The van der Waals surface area contributed by atoms with Gasteiger partial charge in [0.2, 0.25) is 0 Å². The molecule has 0 fully saturated rings. The van der Waals surface area contributed by atoms with Gasteiger partial charge in [-0.2, -0.15) is 0 Å². The topological polar surface area (TPSA) is 33.1 Å². The third kappa shape index (κ3) is 2.96. The Bertz CT molecular complexity index is 560. The molecule has 2 rings (SSSR count). The Hall–Kier alpha value is -0.800. The molecule has 0 saturated carbocycles. The minimum absolute atomic E-state index is 0.350. The average Bonchev–Trinajstić information content (AvgIpc) is 2.35. The van der Waals surface area contributed by atoms with Crippen LogP contribution in [-0.2, 0) is 6.42 Å². The summed E-state index contributed by atoms with van der Waals surface area (Å²) in [4.78, 5) is 3.88. The lowest BCUT2D eigenvalue weighted by atomic mass is 10.0. The standard InChI is InChI=1S/C13H10Cl3NO/c14-10-3-1-2-8(13(10)16)6-12(18)9-4-5-17-7-11(9)15/h1-5,7,12,18H,6H2.